The zero-order valence-electron chi connectivity index (χ0n) is 16.4. The van der Waals surface area contributed by atoms with Crippen molar-refractivity contribution < 1.29 is 9.53 Å². The fourth-order valence-electron chi connectivity index (χ4n) is 2.75. The van der Waals surface area contributed by atoms with Gasteiger partial charge in [-0.15, -0.1) is 6.58 Å². The van der Waals surface area contributed by atoms with E-state index in [4.69, 9.17) is 4.43 Å². The minimum Gasteiger partial charge on any atom is -0.410 e. The van der Waals surface area contributed by atoms with E-state index in [-0.39, 0.29) is 12.0 Å². The van der Waals surface area contributed by atoms with Gasteiger partial charge in [-0.25, -0.2) is 0 Å². The molecule has 1 unspecified atom stereocenters. The summed E-state index contributed by atoms with van der Waals surface area (Å²) in [7, 11) is -1.74. The molecule has 0 spiro atoms. The Morgan fingerprint density at radius 1 is 1.22 bits per heavy atom. The number of rotatable bonds is 11. The molecule has 0 saturated heterocycles. The highest BCUT2D eigenvalue weighted by molar-refractivity contribution is 6.73. The van der Waals surface area contributed by atoms with Gasteiger partial charge in [0.1, 0.15) is 0 Å². The normalized spacial score (nSPS) is 18.7. The predicted octanol–water partition coefficient (Wildman–Crippen LogP) is 5.86. The first-order chi connectivity index (χ1) is 10.7. The molecule has 3 atom stereocenters. The highest BCUT2D eigenvalue weighted by atomic mass is 28.4. The van der Waals surface area contributed by atoms with Crippen molar-refractivity contribution in [1.29, 1.82) is 0 Å². The van der Waals surface area contributed by atoms with E-state index in [1.165, 1.54) is 5.57 Å². The van der Waals surface area contributed by atoms with Gasteiger partial charge in [0.25, 0.3) is 0 Å². The van der Waals surface area contributed by atoms with Gasteiger partial charge in [-0.3, -0.25) is 0 Å². The van der Waals surface area contributed by atoms with Crippen molar-refractivity contribution in [2.75, 3.05) is 0 Å². The summed E-state index contributed by atoms with van der Waals surface area (Å²) in [6.07, 6.45) is 9.03. The van der Waals surface area contributed by atoms with Crippen LogP contribution in [0.15, 0.2) is 36.5 Å². The monoisotopic (exact) mass is 338 g/mol. The maximum atomic E-state index is 10.6. The Morgan fingerprint density at radius 3 is 2.13 bits per heavy atom. The van der Waals surface area contributed by atoms with E-state index in [1.807, 2.05) is 6.92 Å². The second-order valence-electron chi connectivity index (χ2n) is 6.76. The molecule has 0 aromatic rings. The van der Waals surface area contributed by atoms with Gasteiger partial charge < -0.3 is 9.53 Å². The van der Waals surface area contributed by atoms with Crippen LogP contribution in [0.5, 0.6) is 0 Å². The largest absolute Gasteiger partial charge is 0.410 e. The Balaban J connectivity index is 5.54. The molecule has 0 aliphatic carbocycles. The highest BCUT2D eigenvalue weighted by Gasteiger charge is 2.37. The minimum absolute atomic E-state index is 0.0396. The molecular weight excluding hydrogens is 300 g/mol. The molecule has 1 N–H and O–H groups in total. The van der Waals surface area contributed by atoms with E-state index >= 15 is 0 Å². The molecule has 2 nitrogen and oxygen atoms in total. The van der Waals surface area contributed by atoms with Gasteiger partial charge in [0, 0.05) is 5.92 Å². The summed E-state index contributed by atoms with van der Waals surface area (Å²) in [5, 5.41) is 10.6. The van der Waals surface area contributed by atoms with E-state index in [0.29, 0.717) is 0 Å². The first-order valence-electron chi connectivity index (χ1n) is 9.10. The Kier molecular flexibility index (Phi) is 9.98. The molecule has 134 valence electrons. The zero-order chi connectivity index (χ0) is 18.1. The van der Waals surface area contributed by atoms with Gasteiger partial charge in [0.05, 0.1) is 11.7 Å². The second kappa shape index (κ2) is 10.3. The molecular formula is C20H38O2Si. The molecule has 0 heterocycles. The van der Waals surface area contributed by atoms with Crippen LogP contribution in [0.2, 0.25) is 18.1 Å². The second-order valence-corrected chi connectivity index (χ2v) is 11.5. The van der Waals surface area contributed by atoms with Crippen LogP contribution in [-0.4, -0.2) is 25.1 Å². The SMILES string of the molecule is C=CC(C)(O)[C@@H](C)[C@@H](/C=C/C(C)=C/CC)O[Si](CC)(CC)CC. The van der Waals surface area contributed by atoms with Crippen LogP contribution < -0.4 is 0 Å². The first kappa shape index (κ1) is 22.4. The molecule has 0 saturated carbocycles. The van der Waals surface area contributed by atoms with Crippen LogP contribution in [0.4, 0.5) is 0 Å². The van der Waals surface area contributed by atoms with E-state index in [9.17, 15) is 5.11 Å². The summed E-state index contributed by atoms with van der Waals surface area (Å²) >= 11 is 0. The van der Waals surface area contributed by atoms with Crippen LogP contribution >= 0.6 is 0 Å². The lowest BCUT2D eigenvalue weighted by Gasteiger charge is -2.39. The molecule has 0 aliphatic heterocycles. The van der Waals surface area contributed by atoms with Gasteiger partial charge in [0.15, 0.2) is 8.32 Å². The lowest BCUT2D eigenvalue weighted by atomic mass is 9.86. The summed E-state index contributed by atoms with van der Waals surface area (Å²) in [5.41, 5.74) is 0.301. The van der Waals surface area contributed by atoms with Crippen LogP contribution in [0.25, 0.3) is 0 Å². The lowest BCUT2D eigenvalue weighted by molar-refractivity contribution is 0.00552. The molecule has 0 aromatic heterocycles. The summed E-state index contributed by atoms with van der Waals surface area (Å²) < 4.78 is 6.68. The Hall–Kier alpha value is -0.643. The maximum absolute atomic E-state index is 10.6. The fourth-order valence-corrected chi connectivity index (χ4v) is 5.61. The molecule has 0 aliphatic rings. The van der Waals surface area contributed by atoms with Crippen molar-refractivity contribution in [3.05, 3.63) is 36.5 Å². The third kappa shape index (κ3) is 6.78. The first-order valence-corrected chi connectivity index (χ1v) is 11.6. The maximum Gasteiger partial charge on any atom is 0.192 e. The molecule has 23 heavy (non-hydrogen) atoms. The van der Waals surface area contributed by atoms with Gasteiger partial charge in [0.2, 0.25) is 0 Å². The molecule has 0 amide bonds. The van der Waals surface area contributed by atoms with Crippen LogP contribution in [0, 0.1) is 5.92 Å². The topological polar surface area (TPSA) is 29.5 Å². The van der Waals surface area contributed by atoms with Crippen LogP contribution in [-0.2, 0) is 4.43 Å². The summed E-state index contributed by atoms with van der Waals surface area (Å²) in [6, 6.07) is 3.32. The number of aliphatic hydroxyl groups is 1. The van der Waals surface area contributed by atoms with E-state index < -0.39 is 13.9 Å². The number of allylic oxidation sites excluding steroid dienone is 3. The Labute approximate surface area is 145 Å². The molecule has 0 fully saturated rings. The molecule has 0 bridgehead atoms. The smallest absolute Gasteiger partial charge is 0.192 e. The highest BCUT2D eigenvalue weighted by Crippen LogP contribution is 2.31. The lowest BCUT2D eigenvalue weighted by Crippen LogP contribution is -2.46. The third-order valence-electron chi connectivity index (χ3n) is 5.22. The summed E-state index contributed by atoms with van der Waals surface area (Å²) in [6.45, 7) is 18.6. The van der Waals surface area contributed by atoms with Crippen LogP contribution in [0.3, 0.4) is 0 Å². The van der Waals surface area contributed by atoms with Crippen molar-refractivity contribution in [2.24, 2.45) is 5.92 Å². The molecule has 0 aromatic carbocycles. The van der Waals surface area contributed by atoms with E-state index in [2.05, 4.69) is 66.3 Å². The van der Waals surface area contributed by atoms with Crippen molar-refractivity contribution in [1.82, 2.24) is 0 Å². The van der Waals surface area contributed by atoms with E-state index in [1.54, 1.807) is 6.08 Å². The van der Waals surface area contributed by atoms with Gasteiger partial charge in [-0.1, -0.05) is 64.5 Å². The van der Waals surface area contributed by atoms with Crippen molar-refractivity contribution >= 4 is 8.32 Å². The Bertz CT molecular complexity index is 398. The quantitative estimate of drug-likeness (QED) is 0.290. The average Bonchev–Trinajstić information content (AvgIpc) is 2.55. The molecule has 0 radical (unpaired) electrons. The fraction of sp³-hybridized carbons (Fsp3) is 0.700. The minimum atomic E-state index is -1.74. The zero-order valence-corrected chi connectivity index (χ0v) is 17.4. The summed E-state index contributed by atoms with van der Waals surface area (Å²) in [4.78, 5) is 0. The van der Waals surface area contributed by atoms with Gasteiger partial charge >= 0.3 is 0 Å². The molecule has 0 rings (SSSR count). The third-order valence-corrected chi connectivity index (χ3v) is 9.86. The molecule has 3 heteroatoms. The van der Waals surface area contributed by atoms with Crippen molar-refractivity contribution in [2.45, 2.75) is 84.7 Å². The van der Waals surface area contributed by atoms with Crippen molar-refractivity contribution in [3.63, 3.8) is 0 Å². The number of hydrogen-bond donors (Lipinski definition) is 1. The Morgan fingerprint density at radius 2 is 1.74 bits per heavy atom. The number of hydrogen-bond acceptors (Lipinski definition) is 2. The predicted molar refractivity (Wildman–Crippen MR) is 105 cm³/mol. The van der Waals surface area contributed by atoms with Gasteiger partial charge in [-0.05, 0) is 38.4 Å². The standard InChI is InChI=1S/C20H38O2Si/c1-9-14-17(6)15-16-19(18(7)20(8,21)10-2)22-23(11-3,12-4)13-5/h10,14-16,18-19,21H,2,9,11-13H2,1,3-8H3/b16-15+,17-14+/t18-,19+,20?/m0/s1. The van der Waals surface area contributed by atoms with Crippen LogP contribution in [0.1, 0.15) is 54.9 Å². The average molecular weight is 339 g/mol. The summed E-state index contributed by atoms with van der Waals surface area (Å²) in [5.74, 6) is -0.0396. The van der Waals surface area contributed by atoms with Crippen molar-refractivity contribution in [3.8, 4) is 0 Å². The van der Waals surface area contributed by atoms with E-state index in [0.717, 1.165) is 24.6 Å². The van der Waals surface area contributed by atoms with Gasteiger partial charge in [-0.2, -0.15) is 0 Å².